The Morgan fingerprint density at radius 2 is 1.89 bits per heavy atom. The number of hydrogen-bond acceptors (Lipinski definition) is 6. The lowest BCUT2D eigenvalue weighted by molar-refractivity contribution is -0.144. The minimum atomic E-state index is -1.10. The lowest BCUT2D eigenvalue weighted by atomic mass is 10.2. The average Bonchev–Trinajstić information content (AvgIpc) is 2.86. The van der Waals surface area contributed by atoms with Crippen LogP contribution in [0.2, 0.25) is 0 Å². The van der Waals surface area contributed by atoms with Crippen LogP contribution in [0.25, 0.3) is 22.3 Å². The molecule has 0 bridgehead atoms. The summed E-state index contributed by atoms with van der Waals surface area (Å²) < 4.78 is 13.0. The second-order valence-electron chi connectivity index (χ2n) is 7.54. The number of rotatable bonds is 8. The first-order valence-electron chi connectivity index (χ1n) is 10.9. The molecule has 0 unspecified atom stereocenters. The molecule has 9 heteroatoms. The van der Waals surface area contributed by atoms with Crippen molar-refractivity contribution in [3.8, 4) is 22.9 Å². The first-order valence-corrected chi connectivity index (χ1v) is 11.7. The van der Waals surface area contributed by atoms with Gasteiger partial charge in [-0.05, 0) is 59.6 Å². The van der Waals surface area contributed by atoms with Crippen LogP contribution in [0, 0.1) is 0 Å². The van der Waals surface area contributed by atoms with Gasteiger partial charge >= 0.3 is 5.97 Å². The molecule has 1 heterocycles. The molecule has 0 amide bonds. The standard InChI is InChI=1S/C26H22BrN3O5/c1-3-34-22-14-17(13-20(27)23(22)35-16(2)26(32)33)15-28-30-24(18-9-5-4-6-10-18)29-21-12-8-7-11-19(21)25(30)31/h4-16H,3H2,1-2H3,(H,32,33)/t16-/m1/s1. The van der Waals surface area contributed by atoms with Gasteiger partial charge in [0.05, 0.1) is 28.2 Å². The van der Waals surface area contributed by atoms with Gasteiger partial charge in [-0.15, -0.1) is 0 Å². The van der Waals surface area contributed by atoms with E-state index < -0.39 is 12.1 Å². The Hall–Kier alpha value is -3.98. The molecule has 0 saturated heterocycles. The van der Waals surface area contributed by atoms with E-state index in [0.717, 1.165) is 5.56 Å². The van der Waals surface area contributed by atoms with E-state index in [2.05, 4.69) is 26.0 Å². The molecular weight excluding hydrogens is 514 g/mol. The summed E-state index contributed by atoms with van der Waals surface area (Å²) in [6.07, 6.45) is 0.447. The Kier molecular flexibility index (Phi) is 7.26. The van der Waals surface area contributed by atoms with Gasteiger partial charge < -0.3 is 14.6 Å². The van der Waals surface area contributed by atoms with Crippen LogP contribution in [0.5, 0.6) is 11.5 Å². The van der Waals surface area contributed by atoms with Crippen molar-refractivity contribution in [1.29, 1.82) is 0 Å². The molecule has 35 heavy (non-hydrogen) atoms. The summed E-state index contributed by atoms with van der Waals surface area (Å²) in [5.74, 6) is -0.0661. The molecule has 4 aromatic rings. The van der Waals surface area contributed by atoms with E-state index in [0.29, 0.717) is 39.1 Å². The number of fused-ring (bicyclic) bond motifs is 1. The van der Waals surface area contributed by atoms with Crippen LogP contribution < -0.4 is 15.0 Å². The molecule has 0 radical (unpaired) electrons. The lowest BCUT2D eigenvalue weighted by Gasteiger charge is -2.17. The molecular formula is C26H22BrN3O5. The van der Waals surface area contributed by atoms with Gasteiger partial charge in [-0.3, -0.25) is 4.79 Å². The number of para-hydroxylation sites is 1. The smallest absolute Gasteiger partial charge is 0.344 e. The van der Waals surface area contributed by atoms with Gasteiger partial charge in [0, 0.05) is 5.56 Å². The number of carboxylic acid groups (broad SMARTS) is 1. The third kappa shape index (κ3) is 5.25. The van der Waals surface area contributed by atoms with E-state index in [1.165, 1.54) is 17.8 Å². The SMILES string of the molecule is CCOc1cc(C=Nn2c(-c3ccccc3)nc3ccccc3c2=O)cc(Br)c1O[C@H](C)C(=O)O. The fourth-order valence-electron chi connectivity index (χ4n) is 3.40. The number of carboxylic acids is 1. The van der Waals surface area contributed by atoms with Gasteiger partial charge in [-0.25, -0.2) is 9.78 Å². The van der Waals surface area contributed by atoms with Crippen LogP contribution >= 0.6 is 15.9 Å². The van der Waals surface area contributed by atoms with Crippen LogP contribution in [0.1, 0.15) is 19.4 Å². The summed E-state index contributed by atoms with van der Waals surface area (Å²) in [7, 11) is 0. The molecule has 0 aliphatic rings. The minimum absolute atomic E-state index is 0.272. The van der Waals surface area contributed by atoms with E-state index >= 15 is 0 Å². The number of benzene rings is 3. The largest absolute Gasteiger partial charge is 0.490 e. The molecule has 178 valence electrons. The summed E-state index contributed by atoms with van der Waals surface area (Å²) in [5.41, 5.74) is 1.63. The number of halogens is 1. The fraction of sp³-hybridized carbons (Fsp3) is 0.154. The summed E-state index contributed by atoms with van der Waals surface area (Å²) in [4.78, 5) is 29.2. The fourth-order valence-corrected chi connectivity index (χ4v) is 3.95. The predicted octanol–water partition coefficient (Wildman–Crippen LogP) is 4.96. The van der Waals surface area contributed by atoms with Gasteiger partial charge in [0.2, 0.25) is 0 Å². The molecule has 8 nitrogen and oxygen atoms in total. The van der Waals surface area contributed by atoms with Crippen molar-refractivity contribution in [3.63, 3.8) is 0 Å². The molecule has 1 atom stereocenters. The van der Waals surface area contributed by atoms with Crippen LogP contribution in [-0.4, -0.2) is 39.7 Å². The molecule has 4 rings (SSSR count). The number of carbonyl (C=O) groups is 1. The van der Waals surface area contributed by atoms with Crippen molar-refractivity contribution in [2.75, 3.05) is 6.61 Å². The van der Waals surface area contributed by atoms with Crippen molar-refractivity contribution in [1.82, 2.24) is 9.66 Å². The van der Waals surface area contributed by atoms with E-state index in [-0.39, 0.29) is 11.3 Å². The van der Waals surface area contributed by atoms with E-state index in [1.807, 2.05) is 43.3 Å². The molecule has 0 aliphatic heterocycles. The average molecular weight is 536 g/mol. The van der Waals surface area contributed by atoms with Crippen molar-refractivity contribution >= 4 is 39.0 Å². The van der Waals surface area contributed by atoms with Crippen molar-refractivity contribution in [3.05, 3.63) is 87.1 Å². The molecule has 0 saturated carbocycles. The van der Waals surface area contributed by atoms with Crippen LogP contribution in [0.4, 0.5) is 0 Å². The zero-order valence-corrected chi connectivity index (χ0v) is 20.6. The van der Waals surface area contributed by atoms with Gasteiger partial charge in [-0.1, -0.05) is 42.5 Å². The van der Waals surface area contributed by atoms with Crippen molar-refractivity contribution in [2.45, 2.75) is 20.0 Å². The van der Waals surface area contributed by atoms with Gasteiger partial charge in [-0.2, -0.15) is 9.78 Å². The Bertz CT molecular complexity index is 1470. The highest BCUT2D eigenvalue weighted by Crippen LogP contribution is 2.37. The van der Waals surface area contributed by atoms with E-state index in [9.17, 15) is 14.7 Å². The molecule has 0 spiro atoms. The second-order valence-corrected chi connectivity index (χ2v) is 8.40. The number of aliphatic carboxylic acids is 1. The number of hydrogen-bond donors (Lipinski definition) is 1. The van der Waals surface area contributed by atoms with Crippen molar-refractivity contribution in [2.24, 2.45) is 5.10 Å². The zero-order valence-electron chi connectivity index (χ0n) is 19.0. The summed E-state index contributed by atoms with van der Waals surface area (Å²) in [6, 6.07) is 19.8. The van der Waals surface area contributed by atoms with Gasteiger partial charge in [0.1, 0.15) is 0 Å². The Balaban J connectivity index is 1.82. The van der Waals surface area contributed by atoms with E-state index in [1.54, 1.807) is 30.3 Å². The highest BCUT2D eigenvalue weighted by molar-refractivity contribution is 9.10. The highest BCUT2D eigenvalue weighted by Gasteiger charge is 2.19. The maximum Gasteiger partial charge on any atom is 0.344 e. The van der Waals surface area contributed by atoms with Crippen molar-refractivity contribution < 1.29 is 19.4 Å². The van der Waals surface area contributed by atoms with E-state index in [4.69, 9.17) is 9.47 Å². The maximum absolute atomic E-state index is 13.3. The normalized spacial score (nSPS) is 12.1. The number of nitrogens with zero attached hydrogens (tertiary/aromatic N) is 3. The number of ether oxygens (including phenoxy) is 2. The Morgan fingerprint density at radius 1 is 1.17 bits per heavy atom. The molecule has 3 aromatic carbocycles. The third-order valence-corrected chi connectivity index (χ3v) is 5.67. The van der Waals surface area contributed by atoms with Crippen LogP contribution in [-0.2, 0) is 4.79 Å². The predicted molar refractivity (Wildman–Crippen MR) is 137 cm³/mol. The summed E-state index contributed by atoms with van der Waals surface area (Å²) in [6.45, 7) is 3.59. The number of aromatic nitrogens is 2. The van der Waals surface area contributed by atoms with Gasteiger partial charge in [0.25, 0.3) is 5.56 Å². The second kappa shape index (κ2) is 10.5. The highest BCUT2D eigenvalue weighted by atomic mass is 79.9. The summed E-state index contributed by atoms with van der Waals surface area (Å²) in [5, 5.41) is 14.1. The monoisotopic (exact) mass is 535 g/mol. The minimum Gasteiger partial charge on any atom is -0.490 e. The Morgan fingerprint density at radius 3 is 2.60 bits per heavy atom. The first kappa shape index (κ1) is 24.2. The maximum atomic E-state index is 13.3. The molecule has 1 aromatic heterocycles. The molecule has 0 fully saturated rings. The molecule has 0 aliphatic carbocycles. The topological polar surface area (TPSA) is 103 Å². The Labute approximate surface area is 209 Å². The quantitative estimate of drug-likeness (QED) is 0.320. The van der Waals surface area contributed by atoms with Gasteiger partial charge in [0.15, 0.2) is 23.4 Å². The lowest BCUT2D eigenvalue weighted by Crippen LogP contribution is -2.23. The molecule has 1 N–H and O–H groups in total. The third-order valence-electron chi connectivity index (χ3n) is 5.08. The summed E-state index contributed by atoms with van der Waals surface area (Å²) >= 11 is 3.43. The van der Waals surface area contributed by atoms with Crippen LogP contribution in [0.3, 0.4) is 0 Å². The zero-order chi connectivity index (χ0) is 24.9. The van der Waals surface area contributed by atoms with Crippen LogP contribution in [0.15, 0.2) is 81.1 Å². The first-order chi connectivity index (χ1) is 16.9.